The molecule has 0 aliphatic carbocycles. The summed E-state index contributed by atoms with van der Waals surface area (Å²) in [6, 6.07) is 5.56. The van der Waals surface area contributed by atoms with Crippen molar-refractivity contribution in [2.24, 2.45) is 5.92 Å². The Morgan fingerprint density at radius 3 is 2.97 bits per heavy atom. The molecule has 0 spiro atoms. The molecule has 2 aromatic heterocycles. The largest absolute Gasteiger partial charge is 0.383 e. The average Bonchev–Trinajstić information content (AvgIpc) is 3.49. The summed E-state index contributed by atoms with van der Waals surface area (Å²) in [4.78, 5) is 18.9. The quantitative estimate of drug-likeness (QED) is 0.628. The van der Waals surface area contributed by atoms with Gasteiger partial charge >= 0.3 is 0 Å². The number of nitrogen functional groups attached to an aromatic ring is 1. The maximum atomic E-state index is 14.4. The smallest absolute Gasteiger partial charge is 0.228 e. The van der Waals surface area contributed by atoms with Gasteiger partial charge in [0.1, 0.15) is 11.5 Å². The average molecular weight is 467 g/mol. The van der Waals surface area contributed by atoms with Crippen molar-refractivity contribution in [3.63, 3.8) is 0 Å². The van der Waals surface area contributed by atoms with E-state index in [1.54, 1.807) is 12.3 Å². The molecule has 3 aromatic rings. The molecule has 1 amide bonds. The van der Waals surface area contributed by atoms with Crippen molar-refractivity contribution in [3.05, 3.63) is 53.7 Å². The molecule has 2 N–H and O–H groups in total. The number of aromatic nitrogens is 5. The molecule has 0 saturated carbocycles. The first-order valence-electron chi connectivity index (χ1n) is 11.1. The number of pyridine rings is 1. The summed E-state index contributed by atoms with van der Waals surface area (Å²) in [7, 11) is 0. The Morgan fingerprint density at radius 2 is 2.15 bits per heavy atom. The molecule has 0 radical (unpaired) electrons. The molecule has 1 saturated heterocycles. The van der Waals surface area contributed by atoms with Gasteiger partial charge < -0.3 is 15.4 Å². The second-order valence-corrected chi connectivity index (χ2v) is 8.32. The molecule has 2 aliphatic heterocycles. The normalized spacial score (nSPS) is 18.6. The Morgan fingerprint density at radius 1 is 1.26 bits per heavy atom. The second kappa shape index (κ2) is 9.26. The van der Waals surface area contributed by atoms with Gasteiger partial charge in [-0.2, -0.15) is 4.68 Å². The minimum atomic E-state index is -1.07. The van der Waals surface area contributed by atoms with Crippen LogP contribution < -0.4 is 5.73 Å². The number of ether oxygens (including phenoxy) is 1. The van der Waals surface area contributed by atoms with Crippen LogP contribution in [0.25, 0.3) is 22.6 Å². The van der Waals surface area contributed by atoms with Gasteiger partial charge in [-0.25, -0.2) is 13.8 Å². The van der Waals surface area contributed by atoms with Crippen LogP contribution in [0.3, 0.4) is 0 Å². The van der Waals surface area contributed by atoms with Crippen LogP contribution in [0.2, 0.25) is 0 Å². The number of carbonyl (C=O) groups is 1. The van der Waals surface area contributed by atoms with Gasteiger partial charge in [0, 0.05) is 25.9 Å². The highest BCUT2D eigenvalue weighted by Crippen LogP contribution is 2.31. The van der Waals surface area contributed by atoms with E-state index in [-0.39, 0.29) is 29.2 Å². The fourth-order valence-electron chi connectivity index (χ4n) is 4.33. The number of halogens is 2. The van der Waals surface area contributed by atoms with Gasteiger partial charge in [-0.05, 0) is 59.0 Å². The van der Waals surface area contributed by atoms with E-state index in [9.17, 15) is 13.6 Å². The van der Waals surface area contributed by atoms with Gasteiger partial charge in [-0.3, -0.25) is 4.79 Å². The molecular formula is C23H23F2N7O2. The van der Waals surface area contributed by atoms with E-state index in [2.05, 4.69) is 20.5 Å². The van der Waals surface area contributed by atoms with Gasteiger partial charge in [-0.15, -0.1) is 5.10 Å². The van der Waals surface area contributed by atoms with Crippen molar-refractivity contribution in [3.8, 4) is 17.1 Å². The number of tetrazole rings is 1. The summed E-state index contributed by atoms with van der Waals surface area (Å²) >= 11 is 0. The minimum absolute atomic E-state index is 0.0678. The third-order valence-electron chi connectivity index (χ3n) is 6.18. The maximum Gasteiger partial charge on any atom is 0.228 e. The summed E-state index contributed by atoms with van der Waals surface area (Å²) in [5, 5.41) is 11.4. The molecule has 2 aliphatic rings. The molecule has 1 unspecified atom stereocenters. The minimum Gasteiger partial charge on any atom is -0.383 e. The monoisotopic (exact) mass is 467 g/mol. The molecule has 11 heteroatoms. The number of nitrogens with two attached hydrogens (primary N) is 1. The summed E-state index contributed by atoms with van der Waals surface area (Å²) in [5.74, 6) is -1.72. The third kappa shape index (κ3) is 4.14. The second-order valence-electron chi connectivity index (χ2n) is 8.32. The van der Waals surface area contributed by atoms with Crippen molar-refractivity contribution in [1.29, 1.82) is 0 Å². The number of amides is 1. The third-order valence-corrected chi connectivity index (χ3v) is 6.18. The Balaban J connectivity index is 1.45. The van der Waals surface area contributed by atoms with Gasteiger partial charge in [0.2, 0.25) is 5.91 Å². The van der Waals surface area contributed by atoms with Gasteiger partial charge in [0.15, 0.2) is 17.5 Å². The number of nitrogens with zero attached hydrogens (tertiary/aromatic N) is 6. The fourth-order valence-corrected chi connectivity index (χ4v) is 4.33. The molecule has 176 valence electrons. The topological polar surface area (TPSA) is 112 Å². The van der Waals surface area contributed by atoms with Gasteiger partial charge in [-0.1, -0.05) is 12.1 Å². The number of hydrogen-bond donors (Lipinski definition) is 1. The van der Waals surface area contributed by atoms with E-state index in [1.165, 1.54) is 12.1 Å². The van der Waals surface area contributed by atoms with E-state index in [0.717, 1.165) is 41.1 Å². The number of allylic oxidation sites excluding steroid dienone is 1. The number of anilines is 1. The zero-order valence-corrected chi connectivity index (χ0v) is 18.3. The van der Waals surface area contributed by atoms with Crippen molar-refractivity contribution in [2.75, 3.05) is 32.0 Å². The summed E-state index contributed by atoms with van der Waals surface area (Å²) < 4.78 is 34.6. The van der Waals surface area contributed by atoms with Crippen LogP contribution in [0.4, 0.5) is 14.6 Å². The van der Waals surface area contributed by atoms with Crippen molar-refractivity contribution < 1.29 is 18.3 Å². The molecule has 1 fully saturated rings. The van der Waals surface area contributed by atoms with Crippen molar-refractivity contribution in [1.82, 2.24) is 30.1 Å². The van der Waals surface area contributed by atoms with Crippen LogP contribution in [-0.4, -0.2) is 62.3 Å². The van der Waals surface area contributed by atoms with Crippen LogP contribution in [0.1, 0.15) is 24.8 Å². The highest BCUT2D eigenvalue weighted by Gasteiger charge is 2.28. The first kappa shape index (κ1) is 22.1. The van der Waals surface area contributed by atoms with Crippen LogP contribution in [0.15, 0.2) is 36.5 Å². The highest BCUT2D eigenvalue weighted by molar-refractivity contribution is 5.80. The van der Waals surface area contributed by atoms with Crippen molar-refractivity contribution >= 4 is 17.3 Å². The Hall–Kier alpha value is -3.73. The first-order valence-corrected chi connectivity index (χ1v) is 11.1. The molecule has 4 heterocycles. The van der Waals surface area contributed by atoms with E-state index in [1.807, 2.05) is 11.0 Å². The SMILES string of the molecule is Nc1ncc(C2=CCN(C(=O)C3CCOC3)CCC2)cc1-c1nnnn1-c1cccc(F)c1F. The van der Waals surface area contributed by atoms with Gasteiger partial charge in [0.25, 0.3) is 0 Å². The number of rotatable bonds is 4. The molecule has 0 bridgehead atoms. The van der Waals surface area contributed by atoms with Crippen LogP contribution in [0.5, 0.6) is 0 Å². The van der Waals surface area contributed by atoms with Crippen molar-refractivity contribution in [2.45, 2.75) is 19.3 Å². The van der Waals surface area contributed by atoms with E-state index < -0.39 is 11.6 Å². The number of carbonyl (C=O) groups excluding carboxylic acids is 1. The summed E-state index contributed by atoms with van der Waals surface area (Å²) in [5.41, 5.74) is 8.19. The predicted octanol–water partition coefficient (Wildman–Crippen LogP) is 2.63. The highest BCUT2D eigenvalue weighted by atomic mass is 19.2. The number of hydrogen-bond acceptors (Lipinski definition) is 7. The Labute approximate surface area is 194 Å². The zero-order chi connectivity index (χ0) is 23.7. The van der Waals surface area contributed by atoms with Crippen LogP contribution in [-0.2, 0) is 9.53 Å². The number of benzene rings is 1. The lowest BCUT2D eigenvalue weighted by molar-refractivity contribution is -0.134. The van der Waals surface area contributed by atoms with Crippen LogP contribution >= 0.6 is 0 Å². The molecule has 5 rings (SSSR count). The predicted molar refractivity (Wildman–Crippen MR) is 119 cm³/mol. The Kier molecular flexibility index (Phi) is 6.01. The Bertz CT molecular complexity index is 1250. The summed E-state index contributed by atoms with van der Waals surface area (Å²) in [6.07, 6.45) is 5.99. The molecule has 1 atom stereocenters. The van der Waals surface area contributed by atoms with Crippen LogP contribution in [0, 0.1) is 17.6 Å². The maximum absolute atomic E-state index is 14.4. The molecule has 1 aromatic carbocycles. The molecular weight excluding hydrogens is 444 g/mol. The van der Waals surface area contributed by atoms with Gasteiger partial charge in [0.05, 0.1) is 18.1 Å². The lowest BCUT2D eigenvalue weighted by Crippen LogP contribution is -2.36. The van der Waals surface area contributed by atoms with E-state index in [4.69, 9.17) is 10.5 Å². The fraction of sp³-hybridized carbons (Fsp3) is 0.348. The van der Waals surface area contributed by atoms with E-state index in [0.29, 0.717) is 31.9 Å². The van der Waals surface area contributed by atoms with E-state index >= 15 is 0 Å². The zero-order valence-electron chi connectivity index (χ0n) is 18.3. The molecule has 34 heavy (non-hydrogen) atoms. The molecule has 9 nitrogen and oxygen atoms in total. The lowest BCUT2D eigenvalue weighted by atomic mass is 10.0. The summed E-state index contributed by atoms with van der Waals surface area (Å²) in [6.45, 7) is 2.28. The standard InChI is InChI=1S/C23H23F2N7O2/c24-18-4-1-5-19(20(18)25)32-22(28-29-30-32)17-11-16(12-27-21(17)26)14-3-2-8-31(9-6-14)23(33)15-7-10-34-13-15/h1,4-6,11-12,15H,2-3,7-10,13H2,(H2,26,27). The lowest BCUT2D eigenvalue weighted by Gasteiger charge is -2.22. The first-order chi connectivity index (χ1) is 16.5.